The molecule has 0 heterocycles. The lowest BCUT2D eigenvalue weighted by atomic mass is 10.1. The van der Waals surface area contributed by atoms with Crippen molar-refractivity contribution < 1.29 is 0 Å². The number of hydrogen-bond donors (Lipinski definition) is 0. The lowest BCUT2D eigenvalue weighted by molar-refractivity contribution is 0.640. The standard InChI is InChI=1S/C13H18/c1-2-3-7-12-10-13(12)11-8-5-4-6-9-11/h4-6,8-9,12-13H,2-3,7,10H2,1H3. The van der Waals surface area contributed by atoms with E-state index >= 15 is 0 Å². The Balaban J connectivity index is 1.86. The van der Waals surface area contributed by atoms with Crippen molar-refractivity contribution in [3.8, 4) is 0 Å². The smallest absolute Gasteiger partial charge is 0.0131 e. The second-order valence-electron chi connectivity index (χ2n) is 4.16. The molecule has 2 rings (SSSR count). The number of hydrogen-bond acceptors (Lipinski definition) is 0. The summed E-state index contributed by atoms with van der Waals surface area (Å²) in [6, 6.07) is 11.0. The van der Waals surface area contributed by atoms with Gasteiger partial charge in [-0.2, -0.15) is 0 Å². The summed E-state index contributed by atoms with van der Waals surface area (Å²) >= 11 is 0. The highest BCUT2D eigenvalue weighted by Gasteiger charge is 2.36. The minimum Gasteiger partial charge on any atom is -0.0654 e. The molecule has 0 spiro atoms. The van der Waals surface area contributed by atoms with Crippen LogP contribution in [0.15, 0.2) is 30.3 Å². The molecule has 0 N–H and O–H groups in total. The molecule has 0 aromatic heterocycles. The molecule has 1 fully saturated rings. The van der Waals surface area contributed by atoms with Gasteiger partial charge in [0.05, 0.1) is 0 Å². The summed E-state index contributed by atoms with van der Waals surface area (Å²) in [5.41, 5.74) is 1.56. The van der Waals surface area contributed by atoms with Gasteiger partial charge in [0.25, 0.3) is 0 Å². The molecule has 1 saturated carbocycles. The minimum atomic E-state index is 0.896. The molecule has 1 aliphatic carbocycles. The van der Waals surface area contributed by atoms with Crippen molar-refractivity contribution in [3.05, 3.63) is 35.9 Å². The number of benzene rings is 1. The maximum Gasteiger partial charge on any atom is -0.0131 e. The van der Waals surface area contributed by atoms with Gasteiger partial charge in [-0.05, 0) is 30.2 Å². The van der Waals surface area contributed by atoms with Crippen LogP contribution in [0, 0.1) is 5.92 Å². The summed E-state index contributed by atoms with van der Waals surface area (Å²) in [4.78, 5) is 0. The van der Waals surface area contributed by atoms with E-state index in [2.05, 4.69) is 37.3 Å². The molecular formula is C13H18. The van der Waals surface area contributed by atoms with Gasteiger partial charge in [-0.1, -0.05) is 50.1 Å². The first-order chi connectivity index (χ1) is 6.42. The molecule has 70 valence electrons. The summed E-state index contributed by atoms with van der Waals surface area (Å²) in [5.74, 6) is 1.90. The van der Waals surface area contributed by atoms with E-state index in [0.717, 1.165) is 11.8 Å². The largest absolute Gasteiger partial charge is 0.0654 e. The third-order valence-electron chi connectivity index (χ3n) is 3.08. The minimum absolute atomic E-state index is 0.896. The molecule has 0 radical (unpaired) electrons. The van der Waals surface area contributed by atoms with Gasteiger partial charge in [0.2, 0.25) is 0 Å². The Morgan fingerprint density at radius 3 is 2.69 bits per heavy atom. The average molecular weight is 174 g/mol. The lowest BCUT2D eigenvalue weighted by Gasteiger charge is -1.98. The summed E-state index contributed by atoms with van der Waals surface area (Å²) in [6.45, 7) is 2.28. The Labute approximate surface area is 81.0 Å². The highest BCUT2D eigenvalue weighted by atomic mass is 14.4. The van der Waals surface area contributed by atoms with Crippen molar-refractivity contribution in [1.29, 1.82) is 0 Å². The maximum absolute atomic E-state index is 2.28. The van der Waals surface area contributed by atoms with E-state index in [0.29, 0.717) is 0 Å². The van der Waals surface area contributed by atoms with Crippen molar-refractivity contribution in [2.45, 2.75) is 38.5 Å². The van der Waals surface area contributed by atoms with Gasteiger partial charge in [0.15, 0.2) is 0 Å². The molecule has 0 nitrogen and oxygen atoms in total. The van der Waals surface area contributed by atoms with E-state index in [1.165, 1.54) is 25.7 Å². The summed E-state index contributed by atoms with van der Waals surface area (Å²) < 4.78 is 0. The van der Waals surface area contributed by atoms with E-state index in [-0.39, 0.29) is 0 Å². The molecule has 0 amide bonds. The van der Waals surface area contributed by atoms with E-state index in [4.69, 9.17) is 0 Å². The van der Waals surface area contributed by atoms with Gasteiger partial charge in [-0.25, -0.2) is 0 Å². The molecule has 0 bridgehead atoms. The third kappa shape index (κ3) is 2.12. The Bertz CT molecular complexity index is 250. The van der Waals surface area contributed by atoms with Crippen molar-refractivity contribution in [1.82, 2.24) is 0 Å². The van der Waals surface area contributed by atoms with E-state index < -0.39 is 0 Å². The Morgan fingerprint density at radius 2 is 2.00 bits per heavy atom. The molecule has 1 aromatic rings. The van der Waals surface area contributed by atoms with Crippen LogP contribution < -0.4 is 0 Å². The quantitative estimate of drug-likeness (QED) is 0.647. The Hall–Kier alpha value is -0.780. The van der Waals surface area contributed by atoms with Crippen LogP contribution in [0.4, 0.5) is 0 Å². The Morgan fingerprint density at radius 1 is 1.23 bits per heavy atom. The van der Waals surface area contributed by atoms with Gasteiger partial charge < -0.3 is 0 Å². The van der Waals surface area contributed by atoms with Crippen LogP contribution in [0.5, 0.6) is 0 Å². The van der Waals surface area contributed by atoms with Crippen LogP contribution in [0.2, 0.25) is 0 Å². The zero-order valence-corrected chi connectivity index (χ0v) is 8.37. The first-order valence-electron chi connectivity index (χ1n) is 5.46. The molecule has 2 atom stereocenters. The van der Waals surface area contributed by atoms with Gasteiger partial charge >= 0.3 is 0 Å². The van der Waals surface area contributed by atoms with E-state index in [1.54, 1.807) is 5.56 Å². The molecule has 1 aromatic carbocycles. The van der Waals surface area contributed by atoms with Crippen molar-refractivity contribution in [3.63, 3.8) is 0 Å². The summed E-state index contributed by atoms with van der Waals surface area (Å²) in [6.07, 6.45) is 5.63. The average Bonchev–Trinajstić information content (AvgIpc) is 2.95. The number of rotatable bonds is 4. The Kier molecular flexibility index (Phi) is 2.68. The molecule has 2 unspecified atom stereocenters. The summed E-state index contributed by atoms with van der Waals surface area (Å²) in [7, 11) is 0. The van der Waals surface area contributed by atoms with Crippen molar-refractivity contribution >= 4 is 0 Å². The van der Waals surface area contributed by atoms with E-state index in [9.17, 15) is 0 Å². The molecule has 0 heteroatoms. The van der Waals surface area contributed by atoms with Crippen LogP contribution in [0.1, 0.15) is 44.1 Å². The maximum atomic E-state index is 2.28. The topological polar surface area (TPSA) is 0 Å². The van der Waals surface area contributed by atoms with Crippen LogP contribution in [-0.4, -0.2) is 0 Å². The van der Waals surface area contributed by atoms with Crippen LogP contribution >= 0.6 is 0 Å². The van der Waals surface area contributed by atoms with Gasteiger partial charge in [0, 0.05) is 0 Å². The van der Waals surface area contributed by atoms with Gasteiger partial charge in [-0.3, -0.25) is 0 Å². The fourth-order valence-corrected chi connectivity index (χ4v) is 2.14. The van der Waals surface area contributed by atoms with Crippen molar-refractivity contribution in [2.24, 2.45) is 5.92 Å². The predicted molar refractivity (Wildman–Crippen MR) is 56.8 cm³/mol. The zero-order valence-electron chi connectivity index (χ0n) is 8.37. The monoisotopic (exact) mass is 174 g/mol. The molecule has 0 aliphatic heterocycles. The van der Waals surface area contributed by atoms with E-state index in [1.807, 2.05) is 0 Å². The van der Waals surface area contributed by atoms with Crippen LogP contribution in [-0.2, 0) is 0 Å². The van der Waals surface area contributed by atoms with Crippen LogP contribution in [0.25, 0.3) is 0 Å². The predicted octanol–water partition coefficient (Wildman–Crippen LogP) is 3.98. The van der Waals surface area contributed by atoms with Crippen LogP contribution in [0.3, 0.4) is 0 Å². The highest BCUT2D eigenvalue weighted by Crippen LogP contribution is 2.50. The molecule has 13 heavy (non-hydrogen) atoms. The first-order valence-corrected chi connectivity index (χ1v) is 5.46. The fraction of sp³-hybridized carbons (Fsp3) is 0.538. The van der Waals surface area contributed by atoms with Gasteiger partial charge in [0.1, 0.15) is 0 Å². The second kappa shape index (κ2) is 3.95. The lowest BCUT2D eigenvalue weighted by Crippen LogP contribution is -1.83. The SMILES string of the molecule is CCCCC1CC1c1ccccc1. The third-order valence-corrected chi connectivity index (χ3v) is 3.08. The van der Waals surface area contributed by atoms with Crippen molar-refractivity contribution in [2.75, 3.05) is 0 Å². The second-order valence-corrected chi connectivity index (χ2v) is 4.16. The summed E-state index contributed by atoms with van der Waals surface area (Å²) in [5, 5.41) is 0. The molecule has 0 saturated heterocycles. The fourth-order valence-electron chi connectivity index (χ4n) is 2.14. The molecular weight excluding hydrogens is 156 g/mol. The normalized spacial score (nSPS) is 25.9. The first kappa shape index (κ1) is 8.80. The number of unbranched alkanes of at least 4 members (excludes halogenated alkanes) is 1. The molecule has 1 aliphatic rings. The highest BCUT2D eigenvalue weighted by molar-refractivity contribution is 5.25. The zero-order chi connectivity index (χ0) is 9.10. The van der Waals surface area contributed by atoms with Gasteiger partial charge in [-0.15, -0.1) is 0 Å².